The molecule has 2 atom stereocenters. The van der Waals surface area contributed by atoms with Gasteiger partial charge >= 0.3 is 0 Å². The number of hydrogen-bond donors (Lipinski definition) is 3. The molecule has 3 rings (SSSR count). The fraction of sp³-hybridized carbons (Fsp3) is 0.312. The van der Waals surface area contributed by atoms with E-state index in [0.29, 0.717) is 36.4 Å². The number of ether oxygens (including phenoxy) is 1. The van der Waals surface area contributed by atoms with Crippen molar-refractivity contribution in [2.45, 2.75) is 39.2 Å². The maximum absolute atomic E-state index is 13.3. The van der Waals surface area contributed by atoms with Crippen LogP contribution in [0.15, 0.2) is 78.9 Å². The Labute approximate surface area is 231 Å². The van der Waals surface area contributed by atoms with Crippen molar-refractivity contribution in [3.8, 4) is 5.75 Å². The van der Waals surface area contributed by atoms with Crippen LogP contribution < -0.4 is 20.7 Å². The van der Waals surface area contributed by atoms with Crippen molar-refractivity contribution in [1.29, 1.82) is 0 Å². The third kappa shape index (κ3) is 9.28. The molecule has 0 aliphatic rings. The molecule has 0 aromatic heterocycles. The van der Waals surface area contributed by atoms with Crippen LogP contribution in [0, 0.1) is 18.3 Å². The average Bonchev–Trinajstić information content (AvgIpc) is 2.95. The van der Waals surface area contributed by atoms with Crippen LogP contribution in [0.1, 0.15) is 41.8 Å². The number of carbonyl (C=O) groups is 3. The second kappa shape index (κ2) is 14.7. The summed E-state index contributed by atoms with van der Waals surface area (Å²) in [6, 6.07) is 23.4. The molecule has 39 heavy (non-hydrogen) atoms. The summed E-state index contributed by atoms with van der Waals surface area (Å²) in [5.41, 5.74) is 3.25. The fourth-order valence-corrected chi connectivity index (χ4v) is 4.27. The van der Waals surface area contributed by atoms with E-state index in [-0.39, 0.29) is 23.6 Å². The first-order chi connectivity index (χ1) is 18.8. The number of hydrogen-bond acceptors (Lipinski definition) is 4. The molecule has 7 heteroatoms. The summed E-state index contributed by atoms with van der Waals surface area (Å²) in [6.07, 6.45) is 3.63. The number of amides is 3. The van der Waals surface area contributed by atoms with Gasteiger partial charge in [0.05, 0.1) is 7.11 Å². The molecule has 3 amide bonds. The number of methoxy groups -OCH3 is 1. The van der Waals surface area contributed by atoms with E-state index >= 15 is 0 Å². The second-order valence-corrected chi connectivity index (χ2v) is 9.92. The molecule has 3 N–H and O–H groups in total. The number of rotatable bonds is 13. The largest absolute Gasteiger partial charge is 0.497 e. The highest BCUT2D eigenvalue weighted by molar-refractivity contribution is 6.04. The zero-order chi connectivity index (χ0) is 28.2. The van der Waals surface area contributed by atoms with Crippen molar-refractivity contribution >= 4 is 23.4 Å². The number of carbonyl (C=O) groups excluding carboxylic acids is 3. The number of anilines is 1. The number of likely N-dealkylation sites (N-methyl/N-ethyl adjacent to an activating group) is 1. The molecular formula is C32H38N3O4. The van der Waals surface area contributed by atoms with Gasteiger partial charge in [-0.2, -0.15) is 0 Å². The molecule has 0 bridgehead atoms. The summed E-state index contributed by atoms with van der Waals surface area (Å²) in [7, 11) is 3.17. The van der Waals surface area contributed by atoms with Gasteiger partial charge < -0.3 is 20.7 Å². The predicted molar refractivity (Wildman–Crippen MR) is 154 cm³/mol. The van der Waals surface area contributed by atoms with E-state index in [1.807, 2.05) is 73.2 Å². The second-order valence-electron chi connectivity index (χ2n) is 9.92. The Kier molecular flexibility index (Phi) is 11.1. The molecule has 2 unspecified atom stereocenters. The van der Waals surface area contributed by atoms with Crippen LogP contribution in [0.5, 0.6) is 5.75 Å². The van der Waals surface area contributed by atoms with Gasteiger partial charge in [0.25, 0.3) is 5.91 Å². The van der Waals surface area contributed by atoms with Gasteiger partial charge in [-0.1, -0.05) is 56.3 Å². The summed E-state index contributed by atoms with van der Waals surface area (Å²) >= 11 is 0. The molecular weight excluding hydrogens is 490 g/mol. The van der Waals surface area contributed by atoms with Crippen molar-refractivity contribution < 1.29 is 19.1 Å². The minimum Gasteiger partial charge on any atom is -0.497 e. The zero-order valence-electron chi connectivity index (χ0n) is 23.1. The summed E-state index contributed by atoms with van der Waals surface area (Å²) in [5, 5.41) is 8.53. The Morgan fingerprint density at radius 2 is 1.49 bits per heavy atom. The first-order valence-electron chi connectivity index (χ1n) is 13.2. The summed E-state index contributed by atoms with van der Waals surface area (Å²) < 4.78 is 5.21. The van der Waals surface area contributed by atoms with Crippen LogP contribution in [-0.4, -0.2) is 37.9 Å². The highest BCUT2D eigenvalue weighted by Gasteiger charge is 2.26. The smallest absolute Gasteiger partial charge is 0.255 e. The van der Waals surface area contributed by atoms with Gasteiger partial charge in [-0.05, 0) is 72.7 Å². The first-order valence-corrected chi connectivity index (χ1v) is 13.2. The molecule has 0 aliphatic carbocycles. The van der Waals surface area contributed by atoms with Crippen molar-refractivity contribution in [2.24, 2.45) is 11.8 Å². The SMILES string of the molecule is CNC(=O)C(Cc1ccc(OC)cc1)NC(=O)C([CH]Cc1ccc(NC(=O)c2ccccc2)cc1)CC(C)C. The quantitative estimate of drug-likeness (QED) is 0.296. The van der Waals surface area contributed by atoms with Crippen LogP contribution in [0.4, 0.5) is 5.69 Å². The van der Waals surface area contributed by atoms with Crippen molar-refractivity contribution in [2.75, 3.05) is 19.5 Å². The standard InChI is InChI=1S/C32H38N3O4/c1-22(2)20-26(31(37)35-29(32(38)33-3)21-24-13-18-28(39-4)19-14-24)15-10-23-11-16-27(17-12-23)34-30(36)25-8-6-5-7-9-25/h5-9,11-19,22,26,29H,10,20-21H2,1-4H3,(H,33,38)(H,34,36)(H,35,37). The van der Waals surface area contributed by atoms with E-state index in [1.165, 1.54) is 0 Å². The van der Waals surface area contributed by atoms with Crippen LogP contribution in [0.3, 0.4) is 0 Å². The van der Waals surface area contributed by atoms with Gasteiger partial charge in [0, 0.05) is 30.6 Å². The molecule has 0 fully saturated rings. The molecule has 0 aliphatic heterocycles. The summed E-state index contributed by atoms with van der Waals surface area (Å²) in [6.45, 7) is 4.15. The lowest BCUT2D eigenvalue weighted by molar-refractivity contribution is -0.130. The van der Waals surface area contributed by atoms with E-state index in [2.05, 4.69) is 29.8 Å². The van der Waals surface area contributed by atoms with Gasteiger partial charge in [-0.3, -0.25) is 14.4 Å². The third-order valence-electron chi connectivity index (χ3n) is 6.43. The normalized spacial score (nSPS) is 12.3. The molecule has 3 aromatic rings. The molecule has 3 aromatic carbocycles. The van der Waals surface area contributed by atoms with Gasteiger partial charge in [-0.25, -0.2) is 0 Å². The van der Waals surface area contributed by atoms with E-state index in [9.17, 15) is 14.4 Å². The van der Waals surface area contributed by atoms with Gasteiger partial charge in [0.1, 0.15) is 11.8 Å². The van der Waals surface area contributed by atoms with E-state index in [1.54, 1.807) is 26.3 Å². The Hall–Kier alpha value is -4.13. The zero-order valence-corrected chi connectivity index (χ0v) is 23.1. The van der Waals surface area contributed by atoms with Crippen molar-refractivity contribution in [3.05, 3.63) is 102 Å². The minimum atomic E-state index is -0.688. The van der Waals surface area contributed by atoms with Gasteiger partial charge in [-0.15, -0.1) is 0 Å². The predicted octanol–water partition coefficient (Wildman–Crippen LogP) is 4.83. The Morgan fingerprint density at radius 3 is 2.08 bits per heavy atom. The topological polar surface area (TPSA) is 96.5 Å². The third-order valence-corrected chi connectivity index (χ3v) is 6.43. The maximum atomic E-state index is 13.3. The van der Waals surface area contributed by atoms with E-state index in [4.69, 9.17) is 4.74 Å². The van der Waals surface area contributed by atoms with Crippen molar-refractivity contribution in [1.82, 2.24) is 10.6 Å². The Bertz CT molecular complexity index is 1210. The lowest BCUT2D eigenvalue weighted by Gasteiger charge is -2.23. The first kappa shape index (κ1) is 29.4. The number of benzene rings is 3. The maximum Gasteiger partial charge on any atom is 0.255 e. The lowest BCUT2D eigenvalue weighted by atomic mass is 9.90. The van der Waals surface area contributed by atoms with Crippen LogP contribution in [-0.2, 0) is 22.4 Å². The van der Waals surface area contributed by atoms with Gasteiger partial charge in [0.2, 0.25) is 11.8 Å². The van der Waals surface area contributed by atoms with E-state index < -0.39 is 6.04 Å². The summed E-state index contributed by atoms with van der Waals surface area (Å²) in [4.78, 5) is 38.3. The van der Waals surface area contributed by atoms with Crippen LogP contribution in [0.2, 0.25) is 0 Å². The molecule has 7 nitrogen and oxygen atoms in total. The van der Waals surface area contributed by atoms with Crippen LogP contribution >= 0.6 is 0 Å². The molecule has 0 spiro atoms. The molecule has 1 radical (unpaired) electrons. The summed E-state index contributed by atoms with van der Waals surface area (Å²) in [5.74, 6) is 0.104. The minimum absolute atomic E-state index is 0.163. The molecule has 205 valence electrons. The highest BCUT2D eigenvalue weighted by atomic mass is 16.5. The van der Waals surface area contributed by atoms with Crippen LogP contribution in [0.25, 0.3) is 0 Å². The number of nitrogens with one attached hydrogen (secondary N) is 3. The average molecular weight is 529 g/mol. The lowest BCUT2D eigenvalue weighted by Crippen LogP contribution is -2.49. The monoisotopic (exact) mass is 528 g/mol. The Balaban J connectivity index is 1.61. The van der Waals surface area contributed by atoms with Crippen molar-refractivity contribution in [3.63, 3.8) is 0 Å². The van der Waals surface area contributed by atoms with E-state index in [0.717, 1.165) is 16.9 Å². The highest BCUT2D eigenvalue weighted by Crippen LogP contribution is 2.20. The molecule has 0 saturated carbocycles. The Morgan fingerprint density at radius 1 is 0.846 bits per heavy atom. The van der Waals surface area contributed by atoms with Gasteiger partial charge in [0.15, 0.2) is 0 Å². The molecule has 0 heterocycles. The fourth-order valence-electron chi connectivity index (χ4n) is 4.27. The molecule has 0 saturated heterocycles.